The Morgan fingerprint density at radius 3 is 3.05 bits per heavy atom. The second-order valence-corrected chi connectivity index (χ2v) is 7.35. The summed E-state index contributed by atoms with van der Waals surface area (Å²) in [6.45, 7) is 0. The number of nitrogens with zero attached hydrogens (tertiary/aromatic N) is 1. The van der Waals surface area contributed by atoms with Gasteiger partial charge in [0.15, 0.2) is 5.13 Å². The molecule has 21 heavy (non-hydrogen) atoms. The second kappa shape index (κ2) is 5.05. The fourth-order valence-electron chi connectivity index (χ4n) is 3.99. The summed E-state index contributed by atoms with van der Waals surface area (Å²) in [5, 5.41) is 3.46. The Labute approximate surface area is 126 Å². The van der Waals surface area contributed by atoms with Crippen molar-refractivity contribution in [3.05, 3.63) is 24.0 Å². The molecular formula is C16H17FN2OS. The maximum absolute atomic E-state index is 13.2. The van der Waals surface area contributed by atoms with Crippen LogP contribution >= 0.6 is 11.3 Å². The predicted molar refractivity (Wildman–Crippen MR) is 81.8 cm³/mol. The van der Waals surface area contributed by atoms with Crippen LogP contribution in [0.2, 0.25) is 0 Å². The minimum Gasteiger partial charge on any atom is -0.302 e. The zero-order valence-corrected chi connectivity index (χ0v) is 12.5. The monoisotopic (exact) mass is 304 g/mol. The van der Waals surface area contributed by atoms with Gasteiger partial charge in [-0.2, -0.15) is 0 Å². The van der Waals surface area contributed by atoms with Gasteiger partial charge in [0.25, 0.3) is 0 Å². The standard InChI is InChI=1S/C16H17FN2OS/c17-12-3-4-13-14(8-12)21-16(18-13)19-15(20)7-11-6-9-1-2-10(11)5-9/h3-4,8-11H,1-2,5-7H2,(H,18,19,20)/t9-,10+,11-/m0/s1. The molecule has 2 saturated carbocycles. The van der Waals surface area contributed by atoms with Gasteiger partial charge in [0, 0.05) is 6.42 Å². The minimum absolute atomic E-state index is 0.0482. The molecule has 1 aromatic heterocycles. The molecule has 1 N–H and O–H groups in total. The number of fused-ring (bicyclic) bond motifs is 3. The first-order valence-electron chi connectivity index (χ1n) is 7.53. The van der Waals surface area contributed by atoms with Crippen LogP contribution in [0.15, 0.2) is 18.2 Å². The maximum atomic E-state index is 13.2. The predicted octanol–water partition coefficient (Wildman–Crippen LogP) is 4.20. The van der Waals surface area contributed by atoms with Gasteiger partial charge in [0.1, 0.15) is 5.82 Å². The van der Waals surface area contributed by atoms with E-state index >= 15 is 0 Å². The normalized spacial score (nSPS) is 27.4. The van der Waals surface area contributed by atoms with Gasteiger partial charge in [-0.3, -0.25) is 4.79 Å². The van der Waals surface area contributed by atoms with Gasteiger partial charge >= 0.3 is 0 Å². The van der Waals surface area contributed by atoms with Crippen molar-refractivity contribution in [1.29, 1.82) is 0 Å². The molecule has 0 unspecified atom stereocenters. The SMILES string of the molecule is O=C(C[C@@H]1C[C@H]2CC[C@@H]1C2)Nc1nc2ccc(F)cc2s1. The van der Waals surface area contributed by atoms with Crippen molar-refractivity contribution in [1.82, 2.24) is 4.98 Å². The summed E-state index contributed by atoms with van der Waals surface area (Å²) in [6, 6.07) is 4.49. The lowest BCUT2D eigenvalue weighted by Crippen LogP contribution is -2.20. The molecule has 0 spiro atoms. The summed E-state index contributed by atoms with van der Waals surface area (Å²) in [4.78, 5) is 16.5. The van der Waals surface area contributed by atoms with Gasteiger partial charge in [-0.25, -0.2) is 9.37 Å². The summed E-state index contributed by atoms with van der Waals surface area (Å²) in [5.74, 6) is 1.94. The quantitative estimate of drug-likeness (QED) is 0.923. The smallest absolute Gasteiger partial charge is 0.226 e. The topological polar surface area (TPSA) is 42.0 Å². The molecule has 2 aliphatic carbocycles. The highest BCUT2D eigenvalue weighted by Crippen LogP contribution is 2.49. The highest BCUT2D eigenvalue weighted by atomic mass is 32.1. The number of amides is 1. The van der Waals surface area contributed by atoms with Crippen molar-refractivity contribution >= 4 is 32.6 Å². The summed E-state index contributed by atoms with van der Waals surface area (Å²) < 4.78 is 13.9. The summed E-state index contributed by atoms with van der Waals surface area (Å²) in [5.41, 5.74) is 0.733. The van der Waals surface area contributed by atoms with Gasteiger partial charge in [-0.15, -0.1) is 0 Å². The Kier molecular flexibility index (Phi) is 3.17. The molecular weight excluding hydrogens is 287 g/mol. The average Bonchev–Trinajstić information content (AvgIpc) is 3.12. The Balaban J connectivity index is 1.43. The molecule has 0 radical (unpaired) electrons. The zero-order valence-electron chi connectivity index (χ0n) is 11.6. The van der Waals surface area contributed by atoms with Crippen molar-refractivity contribution in [3.63, 3.8) is 0 Å². The molecule has 1 aromatic carbocycles. The van der Waals surface area contributed by atoms with Crippen LogP contribution in [0.25, 0.3) is 10.2 Å². The number of carbonyl (C=O) groups is 1. The number of anilines is 1. The molecule has 2 bridgehead atoms. The third-order valence-corrected chi connectivity index (χ3v) is 5.86. The number of carbonyl (C=O) groups excluding carboxylic acids is 1. The number of thiazole rings is 1. The van der Waals surface area contributed by atoms with E-state index in [1.165, 1.54) is 49.2 Å². The number of nitrogens with one attached hydrogen (secondary N) is 1. The number of benzene rings is 1. The number of aromatic nitrogens is 1. The van der Waals surface area contributed by atoms with E-state index in [0.29, 0.717) is 17.5 Å². The fraction of sp³-hybridized carbons (Fsp3) is 0.500. The van der Waals surface area contributed by atoms with E-state index in [2.05, 4.69) is 10.3 Å². The van der Waals surface area contributed by atoms with E-state index in [9.17, 15) is 9.18 Å². The first-order valence-corrected chi connectivity index (χ1v) is 8.35. The summed E-state index contributed by atoms with van der Waals surface area (Å²) >= 11 is 1.33. The molecule has 0 saturated heterocycles. The number of hydrogen-bond acceptors (Lipinski definition) is 3. The molecule has 3 atom stereocenters. The molecule has 3 nitrogen and oxygen atoms in total. The van der Waals surface area contributed by atoms with Gasteiger partial charge in [-0.05, 0) is 55.2 Å². The van der Waals surface area contributed by atoms with Crippen molar-refractivity contribution in [2.24, 2.45) is 17.8 Å². The molecule has 2 aromatic rings. The van der Waals surface area contributed by atoms with E-state index in [4.69, 9.17) is 0 Å². The molecule has 0 aliphatic heterocycles. The molecule has 2 fully saturated rings. The third-order valence-electron chi connectivity index (χ3n) is 4.93. The van der Waals surface area contributed by atoms with E-state index < -0.39 is 0 Å². The molecule has 5 heteroatoms. The highest BCUT2D eigenvalue weighted by Gasteiger charge is 2.40. The number of halogens is 1. The second-order valence-electron chi connectivity index (χ2n) is 6.32. The van der Waals surface area contributed by atoms with Gasteiger partial charge < -0.3 is 5.32 Å². The lowest BCUT2D eigenvalue weighted by Gasteiger charge is -2.20. The number of rotatable bonds is 3. The Morgan fingerprint density at radius 2 is 2.29 bits per heavy atom. The largest absolute Gasteiger partial charge is 0.302 e. The molecule has 4 rings (SSSR count). The Bertz CT molecular complexity index is 699. The maximum Gasteiger partial charge on any atom is 0.226 e. The van der Waals surface area contributed by atoms with Crippen molar-refractivity contribution in [2.45, 2.75) is 32.1 Å². The Hall–Kier alpha value is -1.49. The van der Waals surface area contributed by atoms with E-state index in [-0.39, 0.29) is 11.7 Å². The zero-order chi connectivity index (χ0) is 14.4. The van der Waals surface area contributed by atoms with Crippen LogP contribution < -0.4 is 5.32 Å². The van der Waals surface area contributed by atoms with Gasteiger partial charge in [-0.1, -0.05) is 17.8 Å². The molecule has 2 aliphatic rings. The average molecular weight is 304 g/mol. The number of hydrogen-bond donors (Lipinski definition) is 1. The third kappa shape index (κ3) is 2.55. The molecule has 1 heterocycles. The molecule has 1 amide bonds. The lowest BCUT2D eigenvalue weighted by atomic mass is 9.86. The lowest BCUT2D eigenvalue weighted by molar-refractivity contribution is -0.117. The van der Waals surface area contributed by atoms with Crippen LogP contribution in [0.4, 0.5) is 9.52 Å². The van der Waals surface area contributed by atoms with Crippen LogP contribution in [-0.4, -0.2) is 10.9 Å². The van der Waals surface area contributed by atoms with Crippen LogP contribution in [0.1, 0.15) is 32.1 Å². The van der Waals surface area contributed by atoms with E-state index in [1.54, 1.807) is 6.07 Å². The van der Waals surface area contributed by atoms with Crippen molar-refractivity contribution in [2.75, 3.05) is 5.32 Å². The van der Waals surface area contributed by atoms with Crippen molar-refractivity contribution < 1.29 is 9.18 Å². The fourth-order valence-corrected chi connectivity index (χ4v) is 4.89. The van der Waals surface area contributed by atoms with E-state index in [0.717, 1.165) is 22.1 Å². The summed E-state index contributed by atoms with van der Waals surface area (Å²) in [7, 11) is 0. The molecule has 110 valence electrons. The van der Waals surface area contributed by atoms with Gasteiger partial charge in [0.2, 0.25) is 5.91 Å². The van der Waals surface area contributed by atoms with E-state index in [1.807, 2.05) is 0 Å². The van der Waals surface area contributed by atoms with Gasteiger partial charge in [0.05, 0.1) is 10.2 Å². The van der Waals surface area contributed by atoms with Crippen molar-refractivity contribution in [3.8, 4) is 0 Å². The first-order chi connectivity index (χ1) is 10.2. The Morgan fingerprint density at radius 1 is 1.38 bits per heavy atom. The van der Waals surface area contributed by atoms with Crippen LogP contribution in [0.3, 0.4) is 0 Å². The minimum atomic E-state index is -0.272. The van der Waals surface area contributed by atoms with Crippen LogP contribution in [0.5, 0.6) is 0 Å². The van der Waals surface area contributed by atoms with Crippen LogP contribution in [-0.2, 0) is 4.79 Å². The van der Waals surface area contributed by atoms with Crippen LogP contribution in [0, 0.1) is 23.6 Å². The highest BCUT2D eigenvalue weighted by molar-refractivity contribution is 7.22. The summed E-state index contributed by atoms with van der Waals surface area (Å²) in [6.07, 6.45) is 5.78. The first kappa shape index (κ1) is 13.2.